The first-order chi connectivity index (χ1) is 12.6. The smallest absolute Gasteiger partial charge is 1.00 e. The number of hydrogen-bond acceptors (Lipinski definition) is 5. The Morgan fingerprint density at radius 2 is 1.62 bits per heavy atom. The maximum atomic E-state index is 11.1. The molecule has 0 amide bonds. The van der Waals surface area contributed by atoms with Crippen LogP contribution in [0.2, 0.25) is 10.0 Å². The predicted molar refractivity (Wildman–Crippen MR) is 102 cm³/mol. The van der Waals surface area contributed by atoms with E-state index >= 15 is 0 Å². The van der Waals surface area contributed by atoms with Crippen LogP contribution in [0.5, 0.6) is 0 Å². The number of halogens is 2. The van der Waals surface area contributed by atoms with Crippen LogP contribution in [-0.4, -0.2) is 55.3 Å². The first-order valence-corrected chi connectivity index (χ1v) is 9.32. The monoisotopic (exact) mass is 470 g/mol. The van der Waals surface area contributed by atoms with Crippen LogP contribution in [0.15, 0.2) is 18.2 Å². The number of carbonyl (C=O) groups is 2. The van der Waals surface area contributed by atoms with Gasteiger partial charge < -0.3 is 28.4 Å². The summed E-state index contributed by atoms with van der Waals surface area (Å²) in [5, 5.41) is 48.1. The number of aryl methyl sites for hydroxylation is 1. The van der Waals surface area contributed by atoms with Gasteiger partial charge in [0.1, 0.15) is 0 Å². The van der Waals surface area contributed by atoms with Gasteiger partial charge in [0.05, 0.1) is 6.10 Å². The van der Waals surface area contributed by atoms with E-state index < -0.39 is 36.2 Å². The number of hydrogen-bond donors (Lipinski definition) is 5. The molecule has 29 heavy (non-hydrogen) atoms. The summed E-state index contributed by atoms with van der Waals surface area (Å²) in [6.07, 6.45) is -0.522. The van der Waals surface area contributed by atoms with E-state index in [1.54, 1.807) is 12.1 Å². The molecule has 3 unspecified atom stereocenters. The fourth-order valence-corrected chi connectivity index (χ4v) is 3.26. The number of aliphatic hydroxyl groups excluding tert-OH is 2. The van der Waals surface area contributed by atoms with Gasteiger partial charge in [-0.1, -0.05) is 48.5 Å². The molecule has 11 heteroatoms. The molecule has 0 heterocycles. The largest absolute Gasteiger partial charge is 1.00 e. The molecule has 7 nitrogen and oxygen atoms in total. The molecular weight excluding hydrogens is 445 g/mol. The summed E-state index contributed by atoms with van der Waals surface area (Å²) in [6, 6.07) is 5.33. The van der Waals surface area contributed by atoms with Gasteiger partial charge in [-0.25, -0.2) is 9.59 Å². The van der Waals surface area contributed by atoms with E-state index in [0.29, 0.717) is 16.5 Å². The van der Waals surface area contributed by atoms with Gasteiger partial charge in [0.15, 0.2) is 6.10 Å². The maximum absolute atomic E-state index is 11.1. The van der Waals surface area contributed by atoms with Gasteiger partial charge in [-0.2, -0.15) is 0 Å². The van der Waals surface area contributed by atoms with E-state index in [2.05, 4.69) is 0 Å². The van der Waals surface area contributed by atoms with Gasteiger partial charge >= 0.3 is 71.1 Å². The molecule has 1 aromatic carbocycles. The van der Waals surface area contributed by atoms with Crippen molar-refractivity contribution in [2.75, 3.05) is 0 Å². The Hall–Kier alpha value is 0.620. The van der Waals surface area contributed by atoms with Gasteiger partial charge in [0.25, 0.3) is 0 Å². The van der Waals surface area contributed by atoms with Crippen molar-refractivity contribution in [3.8, 4) is 0 Å². The number of aliphatic carboxylic acids is 2. The molecule has 0 saturated heterocycles. The van der Waals surface area contributed by atoms with Crippen LogP contribution >= 0.6 is 23.2 Å². The van der Waals surface area contributed by atoms with E-state index in [-0.39, 0.29) is 68.4 Å². The molecule has 0 bridgehead atoms. The van der Waals surface area contributed by atoms with Crippen molar-refractivity contribution in [3.05, 3.63) is 33.8 Å². The Labute approximate surface area is 227 Å². The van der Waals surface area contributed by atoms with Crippen molar-refractivity contribution in [1.82, 2.24) is 0 Å². The Balaban J connectivity index is -0.000000911. The fourth-order valence-electron chi connectivity index (χ4n) is 2.75. The summed E-state index contributed by atoms with van der Waals surface area (Å²) < 4.78 is 0. The SMILES string of the molecule is O=C(O)C(O)C(O)(CC(O)CCCCCCc1ccc(Cl)cc1Cl)C(=O)O.[H-].[H-].[Na+].[Na+]. The Bertz CT molecular complexity index is 674. The Morgan fingerprint density at radius 1 is 1.03 bits per heavy atom. The second kappa shape index (κ2) is 15.4. The second-order valence-electron chi connectivity index (χ2n) is 6.52. The summed E-state index contributed by atoms with van der Waals surface area (Å²) >= 11 is 11.9. The number of benzene rings is 1. The van der Waals surface area contributed by atoms with Crippen LogP contribution in [0.1, 0.15) is 46.9 Å². The third-order valence-corrected chi connectivity index (χ3v) is 4.94. The first kappa shape index (κ1) is 31.8. The van der Waals surface area contributed by atoms with Gasteiger partial charge in [-0.3, -0.25) is 0 Å². The Morgan fingerprint density at radius 3 is 2.14 bits per heavy atom. The summed E-state index contributed by atoms with van der Waals surface area (Å²) in [6.45, 7) is 0. The van der Waals surface area contributed by atoms with Gasteiger partial charge in [-0.15, -0.1) is 0 Å². The molecule has 0 aliphatic rings. The molecule has 0 saturated carbocycles. The summed E-state index contributed by atoms with van der Waals surface area (Å²) in [5.74, 6) is -3.76. The summed E-state index contributed by atoms with van der Waals surface area (Å²) in [4.78, 5) is 21.8. The molecule has 0 spiro atoms. The minimum Gasteiger partial charge on any atom is -1.00 e. The van der Waals surface area contributed by atoms with Crippen molar-refractivity contribution in [1.29, 1.82) is 0 Å². The van der Waals surface area contributed by atoms with Crippen molar-refractivity contribution in [2.45, 2.75) is 62.8 Å². The number of aliphatic hydroxyl groups is 3. The van der Waals surface area contributed by atoms with Crippen LogP contribution in [0, 0.1) is 0 Å². The topological polar surface area (TPSA) is 135 Å². The molecule has 0 aromatic heterocycles. The van der Waals surface area contributed by atoms with E-state index in [1.807, 2.05) is 6.07 Å². The Kier molecular flexibility index (Phi) is 16.9. The van der Waals surface area contributed by atoms with Crippen LogP contribution in [-0.2, 0) is 16.0 Å². The molecule has 1 rings (SSSR count). The third-order valence-electron chi connectivity index (χ3n) is 4.35. The number of carboxylic acid groups (broad SMARTS) is 2. The zero-order valence-corrected chi connectivity index (χ0v) is 22.2. The molecule has 156 valence electrons. The minimum absolute atomic E-state index is 0. The zero-order valence-electron chi connectivity index (χ0n) is 18.6. The van der Waals surface area contributed by atoms with Crippen molar-refractivity contribution in [3.63, 3.8) is 0 Å². The average Bonchev–Trinajstić information content (AvgIpc) is 2.58. The molecule has 0 fully saturated rings. The van der Waals surface area contributed by atoms with Crippen LogP contribution in [0.25, 0.3) is 0 Å². The van der Waals surface area contributed by atoms with E-state index in [1.165, 1.54) is 0 Å². The molecule has 3 atom stereocenters. The molecule has 5 N–H and O–H groups in total. The average molecular weight is 471 g/mol. The first-order valence-electron chi connectivity index (χ1n) is 8.56. The zero-order chi connectivity index (χ0) is 20.6. The maximum Gasteiger partial charge on any atom is 1.00 e. The molecule has 0 radical (unpaired) electrons. The van der Waals surface area contributed by atoms with Gasteiger partial charge in [0.2, 0.25) is 5.60 Å². The molecular formula is C18H26Cl2Na2O7. The molecule has 1 aromatic rings. The van der Waals surface area contributed by atoms with E-state index in [0.717, 1.165) is 31.2 Å². The summed E-state index contributed by atoms with van der Waals surface area (Å²) in [5.41, 5.74) is -1.94. The fraction of sp³-hybridized carbons (Fsp3) is 0.556. The normalized spacial score (nSPS) is 14.7. The van der Waals surface area contributed by atoms with Gasteiger partial charge in [0, 0.05) is 16.5 Å². The van der Waals surface area contributed by atoms with E-state index in [9.17, 15) is 24.9 Å². The standard InChI is InChI=1S/C18H24Cl2O7.2Na.2H/c19-12-8-7-11(14(20)9-12)5-3-1-2-4-6-13(21)10-18(27,17(25)26)15(22)16(23)24;;;;/h7-9,13,15,21-22,27H,1-6,10H2,(H,23,24)(H,25,26);;;;/q;2*+1;2*-1. The summed E-state index contributed by atoms with van der Waals surface area (Å²) in [7, 11) is 0. The van der Waals surface area contributed by atoms with Crippen LogP contribution in [0.4, 0.5) is 0 Å². The molecule has 0 aliphatic heterocycles. The van der Waals surface area contributed by atoms with Crippen molar-refractivity contribution >= 4 is 35.1 Å². The van der Waals surface area contributed by atoms with Crippen molar-refractivity contribution < 1.29 is 97.1 Å². The minimum atomic E-state index is -2.93. The van der Waals surface area contributed by atoms with Crippen LogP contribution < -0.4 is 59.1 Å². The van der Waals surface area contributed by atoms with Crippen molar-refractivity contribution in [2.24, 2.45) is 0 Å². The predicted octanol–water partition coefficient (Wildman–Crippen LogP) is -3.27. The number of carboxylic acids is 2. The quantitative estimate of drug-likeness (QED) is 0.160. The number of unbranched alkanes of at least 4 members (excludes halogenated alkanes) is 3. The van der Waals surface area contributed by atoms with Crippen LogP contribution in [0.3, 0.4) is 0 Å². The van der Waals surface area contributed by atoms with E-state index in [4.69, 9.17) is 33.4 Å². The third kappa shape index (κ3) is 10.7. The second-order valence-corrected chi connectivity index (χ2v) is 7.36. The number of rotatable bonds is 12. The van der Waals surface area contributed by atoms with Gasteiger partial charge in [-0.05, 0) is 37.0 Å². The molecule has 0 aliphatic carbocycles.